The van der Waals surface area contributed by atoms with Gasteiger partial charge in [0.25, 0.3) is 0 Å². The van der Waals surface area contributed by atoms with Gasteiger partial charge < -0.3 is 0 Å². The molecule has 0 radical (unpaired) electrons. The predicted molar refractivity (Wildman–Crippen MR) is 126 cm³/mol. The van der Waals surface area contributed by atoms with Crippen LogP contribution in [-0.2, 0) is 0 Å². The molecule has 0 aliphatic carbocycles. The highest BCUT2D eigenvalue weighted by Crippen LogP contribution is 2.47. The number of carbonyl (C=O) groups excluding carboxylic acids is 1. The van der Waals surface area contributed by atoms with Crippen molar-refractivity contribution in [2.45, 2.75) is 11.8 Å². The Labute approximate surface area is 181 Å². The predicted octanol–water partition coefficient (Wildman–Crippen LogP) is 7.77. The van der Waals surface area contributed by atoms with Crippen LogP contribution in [0.3, 0.4) is 0 Å². The summed E-state index contributed by atoms with van der Waals surface area (Å²) >= 11 is 4.94. The quantitative estimate of drug-likeness (QED) is 0.265. The number of aromatic nitrogens is 1. The summed E-state index contributed by atoms with van der Waals surface area (Å²) in [4.78, 5) is 14.9. The molecule has 0 atom stereocenters. The zero-order valence-corrected chi connectivity index (χ0v) is 18.1. The number of aldehydes is 1. The fraction of sp³-hybridized carbons (Fsp3) is 0.0417. The lowest BCUT2D eigenvalue weighted by molar-refractivity contribution is 0.112. The van der Waals surface area contributed by atoms with Crippen LogP contribution in [0.2, 0.25) is 0 Å². The summed E-state index contributed by atoms with van der Waals surface area (Å²) < 4.78 is 2.31. The standard InChI is InChI=1S/C24H17NOS3/c1-16-8-10-17(11-9-16)29-25-20-6-3-2-5-18(20)23(19-12-14-28-22(19)15-26)24(25)21-7-4-13-27-21/h2-15H,1H3. The van der Waals surface area contributed by atoms with Gasteiger partial charge in [-0.1, -0.05) is 42.0 Å². The maximum absolute atomic E-state index is 11.7. The van der Waals surface area contributed by atoms with E-state index in [9.17, 15) is 4.79 Å². The summed E-state index contributed by atoms with van der Waals surface area (Å²) in [6.45, 7) is 2.10. The highest BCUT2D eigenvalue weighted by molar-refractivity contribution is 7.98. The lowest BCUT2D eigenvalue weighted by Gasteiger charge is -2.10. The average molecular weight is 432 g/mol. The molecule has 0 fully saturated rings. The smallest absolute Gasteiger partial charge is 0.160 e. The lowest BCUT2D eigenvalue weighted by Crippen LogP contribution is -1.91. The SMILES string of the molecule is Cc1ccc(Sn2c(-c3cccs3)c(-c3ccsc3C=O)c3ccccc32)cc1. The van der Waals surface area contributed by atoms with E-state index >= 15 is 0 Å². The molecule has 2 aromatic carbocycles. The van der Waals surface area contributed by atoms with Crippen LogP contribution < -0.4 is 0 Å². The molecule has 3 aromatic heterocycles. The molecular weight excluding hydrogens is 414 g/mol. The van der Waals surface area contributed by atoms with Crippen LogP contribution in [0.25, 0.3) is 32.6 Å². The largest absolute Gasteiger partial charge is 0.297 e. The van der Waals surface area contributed by atoms with Crippen LogP contribution in [0.5, 0.6) is 0 Å². The molecule has 0 aliphatic heterocycles. The molecule has 0 aliphatic rings. The maximum Gasteiger partial charge on any atom is 0.160 e. The van der Waals surface area contributed by atoms with Crippen molar-refractivity contribution in [3.05, 3.63) is 87.9 Å². The summed E-state index contributed by atoms with van der Waals surface area (Å²) in [7, 11) is 0. The second-order valence-corrected chi connectivity index (χ2v) is 9.65. The van der Waals surface area contributed by atoms with Gasteiger partial charge in [0.05, 0.1) is 21.0 Å². The molecule has 29 heavy (non-hydrogen) atoms. The van der Waals surface area contributed by atoms with E-state index in [1.807, 2.05) is 5.38 Å². The number of thiophene rings is 2. The second kappa shape index (κ2) is 7.67. The molecule has 3 heterocycles. The van der Waals surface area contributed by atoms with Crippen LogP contribution in [0.4, 0.5) is 0 Å². The van der Waals surface area contributed by atoms with Gasteiger partial charge >= 0.3 is 0 Å². The molecule has 0 amide bonds. The second-order valence-electron chi connectivity index (χ2n) is 6.73. The van der Waals surface area contributed by atoms with Crippen molar-refractivity contribution in [2.24, 2.45) is 0 Å². The molecule has 0 N–H and O–H groups in total. The fourth-order valence-electron chi connectivity index (χ4n) is 3.54. The number of nitrogens with zero attached hydrogens (tertiary/aromatic N) is 1. The van der Waals surface area contributed by atoms with Crippen LogP contribution in [0, 0.1) is 6.92 Å². The van der Waals surface area contributed by atoms with Gasteiger partial charge in [-0.2, -0.15) is 0 Å². The number of carbonyl (C=O) groups is 1. The van der Waals surface area contributed by atoms with Gasteiger partial charge in [0.2, 0.25) is 0 Å². The van der Waals surface area contributed by atoms with Crippen molar-refractivity contribution >= 4 is 51.8 Å². The first-order valence-electron chi connectivity index (χ1n) is 9.21. The third-order valence-corrected chi connectivity index (χ3v) is 7.64. The Morgan fingerprint density at radius 3 is 2.48 bits per heavy atom. The van der Waals surface area contributed by atoms with Crippen LogP contribution in [-0.4, -0.2) is 10.3 Å². The molecule has 0 saturated carbocycles. The van der Waals surface area contributed by atoms with Crippen LogP contribution >= 0.6 is 34.6 Å². The zero-order chi connectivity index (χ0) is 19.8. The monoisotopic (exact) mass is 431 g/mol. The van der Waals surface area contributed by atoms with E-state index < -0.39 is 0 Å². The van der Waals surface area contributed by atoms with Gasteiger partial charge in [0, 0.05) is 21.4 Å². The van der Waals surface area contributed by atoms with Gasteiger partial charge in [-0.3, -0.25) is 8.77 Å². The Morgan fingerprint density at radius 1 is 0.897 bits per heavy atom. The normalized spacial score (nSPS) is 11.2. The molecule has 5 aromatic rings. The summed E-state index contributed by atoms with van der Waals surface area (Å²) in [5.74, 6) is 0. The highest BCUT2D eigenvalue weighted by atomic mass is 32.2. The molecule has 142 valence electrons. The minimum absolute atomic E-state index is 0.769. The van der Waals surface area contributed by atoms with Gasteiger partial charge in [0.15, 0.2) is 6.29 Å². The van der Waals surface area contributed by atoms with Crippen molar-refractivity contribution in [3.63, 3.8) is 0 Å². The number of aryl methyl sites for hydroxylation is 1. The van der Waals surface area contributed by atoms with Gasteiger partial charge in [-0.05, 0) is 60.0 Å². The molecule has 5 rings (SSSR count). The van der Waals surface area contributed by atoms with Crippen molar-refractivity contribution in [2.75, 3.05) is 0 Å². The van der Waals surface area contributed by atoms with Crippen molar-refractivity contribution in [1.29, 1.82) is 0 Å². The zero-order valence-electron chi connectivity index (χ0n) is 15.7. The van der Waals surface area contributed by atoms with E-state index in [-0.39, 0.29) is 0 Å². The molecular formula is C24H17NOS3. The van der Waals surface area contributed by atoms with Crippen molar-refractivity contribution in [3.8, 4) is 21.7 Å². The van der Waals surface area contributed by atoms with Crippen molar-refractivity contribution < 1.29 is 4.79 Å². The number of hydrogen-bond acceptors (Lipinski definition) is 4. The molecule has 0 spiro atoms. The minimum atomic E-state index is 0.769. The summed E-state index contributed by atoms with van der Waals surface area (Å²) in [6.07, 6.45) is 0.970. The summed E-state index contributed by atoms with van der Waals surface area (Å²) in [6, 6.07) is 23.4. The maximum atomic E-state index is 11.7. The van der Waals surface area contributed by atoms with E-state index in [0.717, 1.165) is 38.9 Å². The third kappa shape index (κ3) is 3.25. The van der Waals surface area contributed by atoms with Crippen LogP contribution in [0.15, 0.2) is 82.4 Å². The molecule has 2 nitrogen and oxygen atoms in total. The number of hydrogen-bond donors (Lipinski definition) is 0. The van der Waals surface area contributed by atoms with Crippen molar-refractivity contribution in [1.82, 2.24) is 3.97 Å². The third-order valence-electron chi connectivity index (χ3n) is 4.88. The van der Waals surface area contributed by atoms with E-state index in [1.165, 1.54) is 26.7 Å². The molecule has 5 heteroatoms. The number of benzene rings is 2. The molecule has 0 bridgehead atoms. The molecule has 0 unspecified atom stereocenters. The Hall–Kier alpha value is -2.60. The Bertz CT molecular complexity index is 1290. The lowest BCUT2D eigenvalue weighted by atomic mass is 10.0. The van der Waals surface area contributed by atoms with E-state index in [0.29, 0.717) is 0 Å². The minimum Gasteiger partial charge on any atom is -0.297 e. The molecule has 0 saturated heterocycles. The summed E-state index contributed by atoms with van der Waals surface area (Å²) in [5, 5.41) is 5.26. The van der Waals surface area contributed by atoms with Gasteiger partial charge in [-0.25, -0.2) is 0 Å². The van der Waals surface area contributed by atoms with Gasteiger partial charge in [-0.15, -0.1) is 22.7 Å². The number of rotatable bonds is 5. The fourth-order valence-corrected chi connectivity index (χ4v) is 6.07. The summed E-state index contributed by atoms with van der Waals surface area (Å²) in [5.41, 5.74) is 5.69. The first-order valence-corrected chi connectivity index (χ1v) is 11.7. The Balaban J connectivity index is 1.83. The van der Waals surface area contributed by atoms with Gasteiger partial charge in [0.1, 0.15) is 0 Å². The first-order chi connectivity index (χ1) is 14.3. The Morgan fingerprint density at radius 2 is 1.72 bits per heavy atom. The topological polar surface area (TPSA) is 22.0 Å². The first kappa shape index (κ1) is 18.4. The van der Waals surface area contributed by atoms with E-state index in [2.05, 4.69) is 83.0 Å². The van der Waals surface area contributed by atoms with Crippen LogP contribution in [0.1, 0.15) is 15.2 Å². The van der Waals surface area contributed by atoms with E-state index in [4.69, 9.17) is 0 Å². The Kier molecular flexibility index (Phi) is 4.87. The number of para-hydroxylation sites is 1. The van der Waals surface area contributed by atoms with E-state index in [1.54, 1.807) is 23.3 Å². The average Bonchev–Trinajstić information content (AvgIpc) is 3.48. The number of fused-ring (bicyclic) bond motifs is 1. The highest BCUT2D eigenvalue weighted by Gasteiger charge is 2.23.